The number of benzene rings is 10. The van der Waals surface area contributed by atoms with E-state index < -0.39 is 10.8 Å². The van der Waals surface area contributed by atoms with Gasteiger partial charge in [0.15, 0.2) is 0 Å². The first kappa shape index (κ1) is 43.5. The fourth-order valence-corrected chi connectivity index (χ4v) is 12.7. The molecule has 3 aliphatic rings. The van der Waals surface area contributed by atoms with E-state index in [1.54, 1.807) is 0 Å². The molecule has 0 fully saturated rings. The summed E-state index contributed by atoms with van der Waals surface area (Å²) < 4.78 is 16.3. The van der Waals surface area contributed by atoms with Crippen LogP contribution in [0.2, 0.25) is 0 Å². The fraction of sp³-hybridized carbons (Fsp3) is 0.0286. The van der Waals surface area contributed by atoms with Crippen LogP contribution in [0, 0.1) is 0 Å². The van der Waals surface area contributed by atoms with Crippen molar-refractivity contribution in [3.63, 3.8) is 0 Å². The van der Waals surface area contributed by atoms with Crippen molar-refractivity contribution >= 4 is 68.6 Å². The summed E-state index contributed by atoms with van der Waals surface area (Å²) in [5, 5.41) is 0. The first-order chi connectivity index (χ1) is 37.7. The standard InChI is InChI=1S/C70H48N4O2/c1-7-27-49(28-8-1)71(50-29-9-2-10-30-50)65-47-59-67(75-65)70(57-41-21-25-45-63(57)74(54-37-17-6-18-38-54)64-46-26-22-42-58(64)70)60-48-66(72(51-31-11-3-12-32-51)52-33-13-4-14-34-52)76-68(60)69(59)55-39-19-23-43-61(55)73(53-35-15-5-16-36-53)62-44-24-20-40-56(62)69/h1-48H. The Morgan fingerprint density at radius 2 is 0.487 bits per heavy atom. The highest BCUT2D eigenvalue weighted by Gasteiger charge is 2.64. The van der Waals surface area contributed by atoms with E-state index in [1.165, 1.54) is 0 Å². The van der Waals surface area contributed by atoms with Crippen molar-refractivity contribution in [3.05, 3.63) is 336 Å². The number of furan rings is 2. The van der Waals surface area contributed by atoms with E-state index in [-0.39, 0.29) is 0 Å². The summed E-state index contributed by atoms with van der Waals surface area (Å²) in [6.07, 6.45) is 0. The predicted molar refractivity (Wildman–Crippen MR) is 307 cm³/mol. The summed E-state index contributed by atoms with van der Waals surface area (Å²) in [5.41, 5.74) is 14.3. The zero-order chi connectivity index (χ0) is 50.2. The first-order valence-electron chi connectivity index (χ1n) is 25.9. The number of rotatable bonds is 8. The molecule has 1 aliphatic carbocycles. The van der Waals surface area contributed by atoms with E-state index in [1.807, 2.05) is 0 Å². The Labute approximate surface area is 441 Å². The van der Waals surface area contributed by atoms with Gasteiger partial charge in [-0.2, -0.15) is 0 Å². The highest BCUT2D eigenvalue weighted by atomic mass is 16.4. The molecule has 0 atom stereocenters. The monoisotopic (exact) mass is 976 g/mol. The predicted octanol–water partition coefficient (Wildman–Crippen LogP) is 18.5. The van der Waals surface area contributed by atoms with Crippen LogP contribution in [0.15, 0.2) is 300 Å². The number of fused-ring (bicyclic) bond motifs is 14. The topological polar surface area (TPSA) is 39.2 Å². The molecular formula is C70H48N4O2. The lowest BCUT2D eigenvalue weighted by Gasteiger charge is -2.51. The summed E-state index contributed by atoms with van der Waals surface area (Å²) in [6, 6.07) is 104. The molecule has 4 heterocycles. The summed E-state index contributed by atoms with van der Waals surface area (Å²) in [6.45, 7) is 0. The summed E-state index contributed by atoms with van der Waals surface area (Å²) in [5.74, 6) is 3.00. The Morgan fingerprint density at radius 3 is 0.763 bits per heavy atom. The summed E-state index contributed by atoms with van der Waals surface area (Å²) in [4.78, 5) is 9.34. The second kappa shape index (κ2) is 17.3. The molecule has 6 nitrogen and oxygen atoms in total. The molecule has 0 amide bonds. The molecule has 6 heteroatoms. The summed E-state index contributed by atoms with van der Waals surface area (Å²) in [7, 11) is 0. The van der Waals surface area contributed by atoms with Crippen molar-refractivity contribution in [1.82, 2.24) is 0 Å². The molecule has 2 spiro atoms. The van der Waals surface area contributed by atoms with Gasteiger partial charge in [-0.1, -0.05) is 182 Å². The van der Waals surface area contributed by atoms with Crippen molar-refractivity contribution in [2.24, 2.45) is 0 Å². The average Bonchev–Trinajstić information content (AvgIpc) is 4.30. The highest BCUT2D eigenvalue weighted by molar-refractivity contribution is 5.96. The average molecular weight is 977 g/mol. The van der Waals surface area contributed by atoms with Gasteiger partial charge >= 0.3 is 0 Å². The Hall–Kier alpha value is -10.0. The van der Waals surface area contributed by atoms with Gasteiger partial charge in [-0.25, -0.2) is 0 Å². The van der Waals surface area contributed by atoms with Gasteiger partial charge in [0.25, 0.3) is 0 Å². The minimum absolute atomic E-state index is 0.683. The molecule has 10 aromatic carbocycles. The van der Waals surface area contributed by atoms with Crippen LogP contribution in [-0.2, 0) is 10.8 Å². The molecule has 0 N–H and O–H groups in total. The van der Waals surface area contributed by atoms with Crippen LogP contribution in [0.4, 0.5) is 68.6 Å². The molecule has 2 aliphatic heterocycles. The maximum atomic E-state index is 8.13. The Bertz CT molecular complexity index is 3590. The highest BCUT2D eigenvalue weighted by Crippen LogP contribution is 2.70. The van der Waals surface area contributed by atoms with Crippen LogP contribution < -0.4 is 19.6 Å². The van der Waals surface area contributed by atoms with E-state index in [0.29, 0.717) is 11.8 Å². The van der Waals surface area contributed by atoms with Crippen LogP contribution in [0.3, 0.4) is 0 Å². The Balaban J connectivity index is 1.15. The van der Waals surface area contributed by atoms with Gasteiger partial charge in [0.05, 0.1) is 22.7 Å². The van der Waals surface area contributed by atoms with Gasteiger partial charge in [0, 0.05) is 57.4 Å². The van der Waals surface area contributed by atoms with Gasteiger partial charge in [0.1, 0.15) is 22.4 Å². The smallest absolute Gasteiger partial charge is 0.205 e. The molecule has 12 aromatic rings. The Morgan fingerprint density at radius 1 is 0.250 bits per heavy atom. The number of hydrogen-bond donors (Lipinski definition) is 0. The van der Waals surface area contributed by atoms with E-state index >= 15 is 0 Å². The number of para-hydroxylation sites is 10. The van der Waals surface area contributed by atoms with Gasteiger partial charge in [-0.3, -0.25) is 9.80 Å². The van der Waals surface area contributed by atoms with Gasteiger partial charge in [0.2, 0.25) is 11.8 Å². The van der Waals surface area contributed by atoms with Gasteiger partial charge in [-0.05, 0) is 119 Å². The second-order valence-corrected chi connectivity index (χ2v) is 19.6. The number of nitrogens with zero attached hydrogens (tertiary/aromatic N) is 4. The Kier molecular flexibility index (Phi) is 9.91. The molecule has 360 valence electrons. The third kappa shape index (κ3) is 6.22. The third-order valence-corrected chi connectivity index (χ3v) is 15.7. The summed E-state index contributed by atoms with van der Waals surface area (Å²) >= 11 is 0. The van der Waals surface area contributed by atoms with Crippen molar-refractivity contribution in [3.8, 4) is 0 Å². The van der Waals surface area contributed by atoms with Gasteiger partial charge < -0.3 is 18.6 Å². The molecule has 0 radical (unpaired) electrons. The van der Waals surface area contributed by atoms with Crippen molar-refractivity contribution in [2.45, 2.75) is 10.8 Å². The normalized spacial score (nSPS) is 13.9. The molecule has 0 unspecified atom stereocenters. The van der Waals surface area contributed by atoms with Crippen molar-refractivity contribution < 1.29 is 8.83 Å². The lowest BCUT2D eigenvalue weighted by molar-refractivity contribution is 0.398. The largest absolute Gasteiger partial charge is 0.443 e. The van der Waals surface area contributed by atoms with E-state index in [4.69, 9.17) is 8.83 Å². The van der Waals surface area contributed by atoms with Crippen LogP contribution >= 0.6 is 0 Å². The van der Waals surface area contributed by atoms with Crippen LogP contribution in [-0.4, -0.2) is 0 Å². The van der Waals surface area contributed by atoms with E-state index in [0.717, 1.165) is 102 Å². The zero-order valence-electron chi connectivity index (χ0n) is 41.3. The quantitative estimate of drug-likeness (QED) is 0.151. The lowest BCUT2D eigenvalue weighted by atomic mass is 9.53. The SMILES string of the molecule is c1ccc(N(c2ccccc2)c2cc3c(o2)C2(c4ccccc4N(c4ccccc4)c4ccccc42)c2cc(N(c4ccccc4)c4ccccc4)oc2C32c3ccccc3N(c3ccccc3)c3ccccc32)cc1. The number of hydrogen-bond acceptors (Lipinski definition) is 6. The van der Waals surface area contributed by atoms with Gasteiger partial charge in [-0.15, -0.1) is 0 Å². The minimum Gasteiger partial charge on any atom is -0.443 e. The van der Waals surface area contributed by atoms with Crippen LogP contribution in [0.5, 0.6) is 0 Å². The maximum Gasteiger partial charge on any atom is 0.205 e. The molecule has 0 saturated carbocycles. The van der Waals surface area contributed by atoms with Crippen molar-refractivity contribution in [1.29, 1.82) is 0 Å². The zero-order valence-corrected chi connectivity index (χ0v) is 41.3. The second-order valence-electron chi connectivity index (χ2n) is 19.6. The van der Waals surface area contributed by atoms with Crippen LogP contribution in [0.1, 0.15) is 44.9 Å². The molecule has 0 saturated heterocycles. The molecule has 2 aromatic heterocycles. The van der Waals surface area contributed by atoms with E-state index in [2.05, 4.69) is 311 Å². The first-order valence-corrected chi connectivity index (χ1v) is 25.9. The maximum absolute atomic E-state index is 8.13. The molecule has 0 bridgehead atoms. The molecule has 15 rings (SSSR count). The van der Waals surface area contributed by atoms with Crippen molar-refractivity contribution in [2.75, 3.05) is 19.6 Å². The lowest BCUT2D eigenvalue weighted by Crippen LogP contribution is -2.48. The van der Waals surface area contributed by atoms with E-state index in [9.17, 15) is 0 Å². The molecular weight excluding hydrogens is 929 g/mol. The molecule has 76 heavy (non-hydrogen) atoms. The van der Waals surface area contributed by atoms with Crippen LogP contribution in [0.25, 0.3) is 0 Å². The number of anilines is 12. The third-order valence-electron chi connectivity index (χ3n) is 15.7. The minimum atomic E-state index is -1.09. The fourth-order valence-electron chi connectivity index (χ4n) is 12.7.